The summed E-state index contributed by atoms with van der Waals surface area (Å²) in [5.41, 5.74) is 3.10. The number of benzene rings is 1. The molecule has 4 aromatic rings. The lowest BCUT2D eigenvalue weighted by Crippen LogP contribution is -2.52. The first-order valence-electron chi connectivity index (χ1n) is 13.9. The zero-order valence-corrected chi connectivity index (χ0v) is 23.7. The lowest BCUT2D eigenvalue weighted by molar-refractivity contribution is 0.0647. The number of hydrogen-bond donors (Lipinski definition) is 3. The number of halogens is 1. The summed E-state index contributed by atoms with van der Waals surface area (Å²) < 4.78 is 21.6. The van der Waals surface area contributed by atoms with Crippen molar-refractivity contribution in [2.24, 2.45) is 0 Å². The number of thiophene rings is 1. The van der Waals surface area contributed by atoms with Crippen LogP contribution in [0.2, 0.25) is 0 Å². The summed E-state index contributed by atoms with van der Waals surface area (Å²) >= 11 is 1.50. The highest BCUT2D eigenvalue weighted by atomic mass is 32.1. The first-order chi connectivity index (χ1) is 19.9. The summed E-state index contributed by atoms with van der Waals surface area (Å²) in [7, 11) is 0. The molecular formula is C30H33FN6O3S. The van der Waals surface area contributed by atoms with Gasteiger partial charge in [-0.1, -0.05) is 6.07 Å². The molecule has 214 valence electrons. The van der Waals surface area contributed by atoms with Crippen molar-refractivity contribution in [3.63, 3.8) is 0 Å². The van der Waals surface area contributed by atoms with E-state index in [0.717, 1.165) is 71.9 Å². The van der Waals surface area contributed by atoms with Crippen molar-refractivity contribution >= 4 is 33.3 Å². The summed E-state index contributed by atoms with van der Waals surface area (Å²) in [6.07, 6.45) is 5.52. The lowest BCUT2D eigenvalue weighted by atomic mass is 10.1. The Hall–Kier alpha value is -3.64. The molecule has 1 saturated heterocycles. The number of amides is 2. The van der Waals surface area contributed by atoms with Crippen LogP contribution in [0.3, 0.4) is 0 Å². The summed E-state index contributed by atoms with van der Waals surface area (Å²) in [5, 5.41) is 14.7. The van der Waals surface area contributed by atoms with Gasteiger partial charge in [-0.25, -0.2) is 9.18 Å². The zero-order valence-electron chi connectivity index (χ0n) is 22.8. The molecule has 1 aliphatic heterocycles. The van der Waals surface area contributed by atoms with Crippen LogP contribution in [0.15, 0.2) is 54.9 Å². The number of hydrogen-bond acceptors (Lipinski definition) is 8. The normalized spacial score (nSPS) is 18.0. The van der Waals surface area contributed by atoms with E-state index in [-0.39, 0.29) is 24.4 Å². The number of pyridine rings is 2. The minimum atomic E-state index is -0.572. The Labute approximate surface area is 242 Å². The number of fused-ring (bicyclic) bond motifs is 1. The van der Waals surface area contributed by atoms with Crippen molar-refractivity contribution in [1.29, 1.82) is 0 Å². The molecule has 2 fully saturated rings. The van der Waals surface area contributed by atoms with Crippen LogP contribution in [0.1, 0.15) is 25.3 Å². The van der Waals surface area contributed by atoms with Crippen molar-refractivity contribution < 1.29 is 19.0 Å². The average Bonchev–Trinajstić information content (AvgIpc) is 3.65. The van der Waals surface area contributed by atoms with Crippen molar-refractivity contribution in [1.82, 2.24) is 25.1 Å². The third-order valence-electron chi connectivity index (χ3n) is 7.42. The molecule has 3 aromatic heterocycles. The number of carbonyl (C=O) groups is 1. The van der Waals surface area contributed by atoms with Crippen LogP contribution in [0.25, 0.3) is 20.8 Å². The van der Waals surface area contributed by atoms with Crippen molar-refractivity contribution in [3.8, 4) is 22.1 Å². The number of rotatable bonds is 9. The predicted octanol–water partition coefficient (Wildman–Crippen LogP) is 5.07. The first kappa shape index (κ1) is 27.5. The van der Waals surface area contributed by atoms with E-state index >= 15 is 0 Å². The van der Waals surface area contributed by atoms with Crippen molar-refractivity contribution in [2.75, 3.05) is 38.1 Å². The van der Waals surface area contributed by atoms with Crippen LogP contribution in [0.5, 0.6) is 11.5 Å². The average molecular weight is 577 g/mol. The molecule has 0 spiro atoms. The molecule has 1 atom stereocenters. The maximum Gasteiger partial charge on any atom is 0.319 e. The van der Waals surface area contributed by atoms with Gasteiger partial charge in [0.2, 0.25) is 0 Å². The summed E-state index contributed by atoms with van der Waals surface area (Å²) in [5.74, 6) is -0.00423. The van der Waals surface area contributed by atoms with E-state index in [9.17, 15) is 14.3 Å². The Bertz CT molecular complexity index is 1530. The quantitative estimate of drug-likeness (QED) is 0.256. The third-order valence-corrected chi connectivity index (χ3v) is 8.58. The van der Waals surface area contributed by atoms with E-state index in [2.05, 4.69) is 38.4 Å². The van der Waals surface area contributed by atoms with E-state index < -0.39 is 5.82 Å². The topological polar surface area (TPSA) is 103 Å². The predicted molar refractivity (Wildman–Crippen MR) is 158 cm³/mol. The van der Waals surface area contributed by atoms with Gasteiger partial charge in [0, 0.05) is 75.0 Å². The molecule has 11 heteroatoms. The molecule has 41 heavy (non-hydrogen) atoms. The van der Waals surface area contributed by atoms with Crippen LogP contribution in [-0.2, 0) is 6.54 Å². The number of ether oxygens (including phenoxy) is 1. The number of nitrogens with zero attached hydrogens (tertiary/aromatic N) is 4. The van der Waals surface area contributed by atoms with Crippen LogP contribution in [-0.4, -0.2) is 75.8 Å². The second-order valence-corrected chi connectivity index (χ2v) is 11.7. The molecule has 1 saturated carbocycles. The maximum atomic E-state index is 14.9. The number of urea groups is 1. The number of aliphatic hydroxyl groups is 1. The fraction of sp³-hybridized carbons (Fsp3) is 0.367. The van der Waals surface area contributed by atoms with Gasteiger partial charge in [0.1, 0.15) is 5.75 Å². The SMILES string of the molecule is C[C@H]1CN(Cc2ccc(-c3cc4nccc(Oc5ccc(NC(=O)NC6CC6)cc5F)c4s3)nc2)CCN1CCO. The smallest absolute Gasteiger partial charge is 0.319 e. The van der Waals surface area contributed by atoms with Gasteiger partial charge < -0.3 is 20.5 Å². The fourth-order valence-electron chi connectivity index (χ4n) is 5.08. The molecule has 3 N–H and O–H groups in total. The Morgan fingerprint density at radius 3 is 2.76 bits per heavy atom. The van der Waals surface area contributed by atoms with Gasteiger partial charge in [0.25, 0.3) is 0 Å². The van der Waals surface area contributed by atoms with E-state index in [1.807, 2.05) is 18.3 Å². The number of nitrogens with one attached hydrogen (secondary N) is 2. The number of piperazine rings is 1. The van der Waals surface area contributed by atoms with Crippen molar-refractivity contribution in [3.05, 3.63) is 66.2 Å². The van der Waals surface area contributed by atoms with Crippen LogP contribution in [0, 0.1) is 5.82 Å². The zero-order chi connectivity index (χ0) is 28.3. The van der Waals surface area contributed by atoms with Gasteiger partial charge >= 0.3 is 6.03 Å². The van der Waals surface area contributed by atoms with Crippen LogP contribution in [0.4, 0.5) is 14.9 Å². The van der Waals surface area contributed by atoms with E-state index in [1.165, 1.54) is 23.5 Å². The fourth-order valence-corrected chi connectivity index (χ4v) is 6.12. The molecule has 9 nitrogen and oxygen atoms in total. The summed E-state index contributed by atoms with van der Waals surface area (Å²) in [6, 6.07) is 12.5. The second-order valence-electron chi connectivity index (χ2n) is 10.6. The van der Waals surface area contributed by atoms with Gasteiger partial charge in [0.05, 0.1) is 27.4 Å². The van der Waals surface area contributed by atoms with Gasteiger partial charge in [-0.15, -0.1) is 11.3 Å². The minimum absolute atomic E-state index is 0.0644. The molecule has 0 unspecified atom stereocenters. The molecule has 1 aliphatic carbocycles. The second kappa shape index (κ2) is 12.1. The minimum Gasteiger partial charge on any atom is -0.453 e. The number of carbonyl (C=O) groups excluding carboxylic acids is 1. The summed E-state index contributed by atoms with van der Waals surface area (Å²) in [4.78, 5) is 26.9. The van der Waals surface area contributed by atoms with E-state index in [4.69, 9.17) is 9.72 Å². The molecule has 2 amide bonds. The first-order valence-corrected chi connectivity index (χ1v) is 14.7. The van der Waals surface area contributed by atoms with Gasteiger partial charge in [-0.2, -0.15) is 0 Å². The van der Waals surface area contributed by atoms with Gasteiger partial charge in [-0.3, -0.25) is 19.8 Å². The highest BCUT2D eigenvalue weighted by molar-refractivity contribution is 7.22. The Balaban J connectivity index is 1.12. The third kappa shape index (κ3) is 6.65. The largest absolute Gasteiger partial charge is 0.453 e. The van der Waals surface area contributed by atoms with Crippen LogP contribution >= 0.6 is 11.3 Å². The number of β-amino-alcohol motifs (C(OH)–C–C–N with tert-alkyl or cyclic N) is 1. The molecule has 2 aliphatic rings. The molecular weight excluding hydrogens is 543 g/mol. The molecule has 0 bridgehead atoms. The highest BCUT2D eigenvalue weighted by Gasteiger charge is 2.24. The number of anilines is 1. The summed E-state index contributed by atoms with van der Waals surface area (Å²) in [6.45, 7) is 6.83. The number of aromatic nitrogens is 2. The Morgan fingerprint density at radius 1 is 1.15 bits per heavy atom. The Kier molecular flexibility index (Phi) is 8.11. The lowest BCUT2D eigenvalue weighted by Gasteiger charge is -2.39. The maximum absolute atomic E-state index is 14.9. The Morgan fingerprint density at radius 2 is 2.02 bits per heavy atom. The van der Waals surface area contributed by atoms with Gasteiger partial charge in [-0.05, 0) is 49.6 Å². The molecule has 1 aromatic carbocycles. The molecule has 6 rings (SSSR count). The highest BCUT2D eigenvalue weighted by Crippen LogP contribution is 2.39. The standard InChI is InChI=1S/C30H33FN6O3S/c1-19-17-36(10-11-37(19)12-13-38)18-20-2-6-24(33-16-20)28-15-25-29(41-28)27(8-9-32-25)40-26-7-5-22(14-23(26)31)35-30(39)34-21-3-4-21/h2,5-9,14-16,19,21,38H,3-4,10-13,17-18H2,1H3,(H2,34,35,39)/t19-/m0/s1. The van der Waals surface area contributed by atoms with Gasteiger partial charge in [0.15, 0.2) is 11.6 Å². The number of aliphatic hydroxyl groups excluding tert-OH is 1. The van der Waals surface area contributed by atoms with Crippen molar-refractivity contribution in [2.45, 2.75) is 38.4 Å². The molecule has 0 radical (unpaired) electrons. The monoisotopic (exact) mass is 576 g/mol. The van der Waals surface area contributed by atoms with E-state index in [1.54, 1.807) is 18.3 Å². The molecule has 4 heterocycles. The van der Waals surface area contributed by atoms with Crippen LogP contribution < -0.4 is 15.4 Å². The van der Waals surface area contributed by atoms with E-state index in [0.29, 0.717) is 17.5 Å².